The number of amides is 3. The minimum atomic E-state index is -0.817. The summed E-state index contributed by atoms with van der Waals surface area (Å²) in [6.07, 6.45) is 2.41. The number of carbonyl (C=O) groups is 3. The second kappa shape index (κ2) is 6.23. The maximum Gasteiger partial charge on any atom is 0.243 e. The highest BCUT2D eigenvalue weighted by atomic mass is 79.9. The van der Waals surface area contributed by atoms with Crippen LogP contribution in [0.2, 0.25) is 0 Å². The molecule has 1 aromatic rings. The molecular formula is C17H18Br2N2O4. The smallest absolute Gasteiger partial charge is 0.243 e. The molecule has 0 unspecified atom stereocenters. The molecule has 0 aromatic carbocycles. The Labute approximate surface area is 161 Å². The quantitative estimate of drug-likeness (QED) is 0.536. The second-order valence-corrected chi connectivity index (χ2v) is 9.14. The van der Waals surface area contributed by atoms with Gasteiger partial charge in [-0.25, -0.2) is 0 Å². The number of halogens is 2. The highest BCUT2D eigenvalue weighted by Gasteiger charge is 2.67. The first-order chi connectivity index (χ1) is 11.9. The third kappa shape index (κ3) is 2.51. The van der Waals surface area contributed by atoms with Gasteiger partial charge in [-0.1, -0.05) is 31.9 Å². The van der Waals surface area contributed by atoms with Crippen LogP contribution in [0.15, 0.2) is 22.8 Å². The number of hydrogen-bond acceptors (Lipinski definition) is 4. The normalized spacial score (nSPS) is 37.5. The molecular weight excluding hydrogens is 456 g/mol. The van der Waals surface area contributed by atoms with Crippen LogP contribution in [0.1, 0.15) is 19.1 Å². The van der Waals surface area contributed by atoms with Crippen molar-refractivity contribution < 1.29 is 18.8 Å². The van der Waals surface area contributed by atoms with Crippen molar-refractivity contribution in [3.8, 4) is 0 Å². The van der Waals surface area contributed by atoms with E-state index in [1.54, 1.807) is 19.1 Å². The molecule has 3 amide bonds. The summed E-state index contributed by atoms with van der Waals surface area (Å²) >= 11 is 7.32. The third-order valence-electron chi connectivity index (χ3n) is 5.80. The first-order valence-electron chi connectivity index (χ1n) is 8.37. The van der Waals surface area contributed by atoms with Crippen LogP contribution >= 0.6 is 31.9 Å². The predicted octanol–water partition coefficient (Wildman–Crippen LogP) is 2.06. The van der Waals surface area contributed by atoms with Crippen LogP contribution in [0.25, 0.3) is 0 Å². The summed E-state index contributed by atoms with van der Waals surface area (Å²) in [4.78, 5) is 39.8. The lowest BCUT2D eigenvalue weighted by molar-refractivity contribution is -0.148. The van der Waals surface area contributed by atoms with Crippen molar-refractivity contribution in [3.05, 3.63) is 24.2 Å². The molecule has 1 aliphatic heterocycles. The number of likely N-dealkylation sites (tertiary alicyclic amines) is 1. The summed E-state index contributed by atoms with van der Waals surface area (Å²) in [7, 11) is 0. The molecule has 0 spiro atoms. The average molecular weight is 474 g/mol. The number of alkyl halides is 2. The van der Waals surface area contributed by atoms with E-state index < -0.39 is 6.04 Å². The van der Waals surface area contributed by atoms with Gasteiger partial charge in [0, 0.05) is 9.65 Å². The van der Waals surface area contributed by atoms with Crippen molar-refractivity contribution in [3.63, 3.8) is 0 Å². The lowest BCUT2D eigenvalue weighted by Gasteiger charge is -2.28. The summed E-state index contributed by atoms with van der Waals surface area (Å²) in [6, 6.07) is 2.68. The number of imide groups is 1. The molecule has 0 radical (unpaired) electrons. The van der Waals surface area contributed by atoms with Gasteiger partial charge in [0.2, 0.25) is 17.7 Å². The second-order valence-electron chi connectivity index (χ2n) is 7.02. The SMILES string of the molecule is C[C@H](C(=O)NCc1ccco1)N1C(=O)[C@@H]2[C@H]3C[C@@H]([C@H](Br)[C@H]3Br)[C@@H]2C1=O. The Morgan fingerprint density at radius 2 is 1.88 bits per heavy atom. The Morgan fingerprint density at radius 3 is 2.40 bits per heavy atom. The highest BCUT2D eigenvalue weighted by Crippen LogP contribution is 2.60. The van der Waals surface area contributed by atoms with Gasteiger partial charge in [0.05, 0.1) is 24.6 Å². The number of hydrogen-bond donors (Lipinski definition) is 1. The van der Waals surface area contributed by atoms with Crippen LogP contribution in [-0.2, 0) is 20.9 Å². The predicted molar refractivity (Wildman–Crippen MR) is 95.9 cm³/mol. The molecule has 3 aliphatic rings. The largest absolute Gasteiger partial charge is 0.467 e. The zero-order chi connectivity index (χ0) is 17.9. The number of furan rings is 1. The molecule has 1 N–H and O–H groups in total. The third-order valence-corrected chi connectivity index (χ3v) is 9.01. The van der Waals surface area contributed by atoms with E-state index in [2.05, 4.69) is 37.2 Å². The molecule has 2 aliphatic carbocycles. The Morgan fingerprint density at radius 1 is 1.28 bits per heavy atom. The number of nitrogens with zero attached hydrogens (tertiary/aromatic N) is 1. The summed E-state index contributed by atoms with van der Waals surface area (Å²) in [5, 5.41) is 2.73. The van der Waals surface area contributed by atoms with Crippen LogP contribution in [0.5, 0.6) is 0 Å². The molecule has 2 heterocycles. The van der Waals surface area contributed by atoms with E-state index >= 15 is 0 Å². The fraction of sp³-hybridized carbons (Fsp3) is 0.588. The summed E-state index contributed by atoms with van der Waals surface area (Å²) in [6.45, 7) is 1.84. The lowest BCUT2D eigenvalue weighted by atomic mass is 9.81. The molecule has 7 atom stereocenters. The number of carbonyl (C=O) groups excluding carboxylic acids is 3. The Balaban J connectivity index is 1.48. The number of nitrogens with one attached hydrogen (secondary N) is 1. The monoisotopic (exact) mass is 472 g/mol. The molecule has 2 bridgehead atoms. The van der Waals surface area contributed by atoms with E-state index in [9.17, 15) is 14.4 Å². The van der Waals surface area contributed by atoms with E-state index in [1.165, 1.54) is 11.2 Å². The molecule has 25 heavy (non-hydrogen) atoms. The van der Waals surface area contributed by atoms with E-state index in [0.717, 1.165) is 6.42 Å². The topological polar surface area (TPSA) is 79.6 Å². The van der Waals surface area contributed by atoms with Gasteiger partial charge in [-0.3, -0.25) is 19.3 Å². The van der Waals surface area contributed by atoms with Gasteiger partial charge < -0.3 is 9.73 Å². The summed E-state index contributed by atoms with van der Waals surface area (Å²) in [5.41, 5.74) is 0. The average Bonchev–Trinajstić information content (AvgIpc) is 3.33. The van der Waals surface area contributed by atoms with Crippen LogP contribution in [-0.4, -0.2) is 38.3 Å². The zero-order valence-corrected chi connectivity index (χ0v) is 16.7. The molecule has 134 valence electrons. The van der Waals surface area contributed by atoms with E-state index in [4.69, 9.17) is 4.42 Å². The van der Waals surface area contributed by atoms with Crippen LogP contribution < -0.4 is 5.32 Å². The molecule has 3 fully saturated rings. The first-order valence-corrected chi connectivity index (χ1v) is 10.2. The Bertz CT molecular complexity index is 690. The highest BCUT2D eigenvalue weighted by molar-refractivity contribution is 9.12. The van der Waals surface area contributed by atoms with E-state index in [1.807, 2.05) is 0 Å². The van der Waals surface area contributed by atoms with E-state index in [-0.39, 0.29) is 57.6 Å². The summed E-state index contributed by atoms with van der Waals surface area (Å²) < 4.78 is 5.18. The van der Waals surface area contributed by atoms with Crippen molar-refractivity contribution in [1.29, 1.82) is 0 Å². The van der Waals surface area contributed by atoms with Crippen molar-refractivity contribution >= 4 is 49.6 Å². The lowest BCUT2D eigenvalue weighted by Crippen LogP contribution is -2.48. The van der Waals surface area contributed by atoms with Gasteiger partial charge in [0.15, 0.2) is 0 Å². The van der Waals surface area contributed by atoms with Crippen molar-refractivity contribution in [2.24, 2.45) is 23.7 Å². The van der Waals surface area contributed by atoms with Crippen LogP contribution in [0, 0.1) is 23.7 Å². The zero-order valence-electron chi connectivity index (χ0n) is 13.5. The Hall–Kier alpha value is -1.15. The number of fused-ring (bicyclic) bond motifs is 5. The Kier molecular flexibility index (Phi) is 4.30. The van der Waals surface area contributed by atoms with Gasteiger partial charge in [-0.2, -0.15) is 0 Å². The van der Waals surface area contributed by atoms with Gasteiger partial charge in [0.1, 0.15) is 11.8 Å². The summed E-state index contributed by atoms with van der Waals surface area (Å²) in [5.74, 6) is -0.417. The molecule has 1 aromatic heterocycles. The van der Waals surface area contributed by atoms with Crippen molar-refractivity contribution in [1.82, 2.24) is 10.2 Å². The van der Waals surface area contributed by atoms with E-state index in [0.29, 0.717) is 5.76 Å². The maximum absolute atomic E-state index is 12.9. The fourth-order valence-electron chi connectivity index (χ4n) is 4.61. The van der Waals surface area contributed by atoms with Crippen LogP contribution in [0.3, 0.4) is 0 Å². The van der Waals surface area contributed by atoms with Crippen molar-refractivity contribution in [2.45, 2.75) is 35.6 Å². The van der Waals surface area contributed by atoms with Crippen molar-refractivity contribution in [2.75, 3.05) is 0 Å². The van der Waals surface area contributed by atoms with Gasteiger partial charge in [-0.05, 0) is 37.3 Å². The number of rotatable bonds is 4. The minimum Gasteiger partial charge on any atom is -0.467 e. The van der Waals surface area contributed by atoms with Gasteiger partial charge in [-0.15, -0.1) is 0 Å². The molecule has 1 saturated heterocycles. The van der Waals surface area contributed by atoms with Crippen LogP contribution in [0.4, 0.5) is 0 Å². The maximum atomic E-state index is 12.9. The molecule has 8 heteroatoms. The molecule has 2 saturated carbocycles. The molecule has 6 nitrogen and oxygen atoms in total. The minimum absolute atomic E-state index is 0.152. The molecule has 4 rings (SSSR count). The van der Waals surface area contributed by atoms with Gasteiger partial charge in [0.25, 0.3) is 0 Å². The first kappa shape index (κ1) is 17.3. The van der Waals surface area contributed by atoms with Gasteiger partial charge >= 0.3 is 0 Å². The standard InChI is InChI=1S/C17H18Br2N2O4/c1-7(15(22)20-6-8-3-2-4-25-8)21-16(23)11-9-5-10(12(11)17(21)24)14(19)13(9)18/h2-4,7,9-14H,5-6H2,1H3,(H,20,22)/t7-,9-,10-,11-,12+,13+,14+/m1/s1. The fourth-order valence-corrected chi connectivity index (χ4v) is 6.48.